The standard InChI is InChI=1S/C18H18N2O3/c1-2-23-17(12-19)13-20(15-8-10-16(21)11-9-15)18(22)14-6-4-3-5-7-14/h3-11,17,21H,2,13H2,1H3. The molecule has 0 saturated carbocycles. The molecule has 1 N–H and O–H groups in total. The van der Waals surface area contributed by atoms with Crippen molar-refractivity contribution in [3.05, 3.63) is 60.2 Å². The lowest BCUT2D eigenvalue weighted by molar-refractivity contribution is 0.0896. The van der Waals surface area contributed by atoms with Gasteiger partial charge in [-0.15, -0.1) is 0 Å². The van der Waals surface area contributed by atoms with Crippen LogP contribution in [0.5, 0.6) is 5.75 Å². The first kappa shape index (κ1) is 16.5. The summed E-state index contributed by atoms with van der Waals surface area (Å²) in [6.45, 7) is 2.30. The van der Waals surface area contributed by atoms with Crippen LogP contribution < -0.4 is 4.90 Å². The predicted molar refractivity (Wildman–Crippen MR) is 87.3 cm³/mol. The number of phenolic OH excluding ortho intramolecular Hbond substituents is 1. The Bertz CT molecular complexity index is 678. The average Bonchev–Trinajstić information content (AvgIpc) is 2.60. The third-order valence-corrected chi connectivity index (χ3v) is 3.29. The number of rotatable bonds is 6. The Labute approximate surface area is 135 Å². The molecule has 118 valence electrons. The number of amides is 1. The minimum atomic E-state index is -0.721. The van der Waals surface area contributed by atoms with E-state index in [9.17, 15) is 15.2 Å². The van der Waals surface area contributed by atoms with Gasteiger partial charge in [-0.05, 0) is 43.3 Å². The van der Waals surface area contributed by atoms with Crippen molar-refractivity contribution in [3.8, 4) is 11.8 Å². The molecule has 0 bridgehead atoms. The van der Waals surface area contributed by atoms with Crippen molar-refractivity contribution < 1.29 is 14.6 Å². The maximum atomic E-state index is 12.8. The van der Waals surface area contributed by atoms with Gasteiger partial charge in [-0.2, -0.15) is 5.26 Å². The second kappa shape index (κ2) is 7.97. The highest BCUT2D eigenvalue weighted by molar-refractivity contribution is 6.06. The number of phenols is 1. The lowest BCUT2D eigenvalue weighted by atomic mass is 10.1. The van der Waals surface area contributed by atoms with E-state index in [0.29, 0.717) is 17.9 Å². The smallest absolute Gasteiger partial charge is 0.258 e. The van der Waals surface area contributed by atoms with Crippen LogP contribution in [0.3, 0.4) is 0 Å². The number of carbonyl (C=O) groups excluding carboxylic acids is 1. The predicted octanol–water partition coefficient (Wildman–Crippen LogP) is 2.97. The van der Waals surface area contributed by atoms with Gasteiger partial charge >= 0.3 is 0 Å². The molecule has 5 heteroatoms. The van der Waals surface area contributed by atoms with Gasteiger partial charge in [0.15, 0.2) is 6.10 Å². The SMILES string of the molecule is CCOC(C#N)CN(C(=O)c1ccccc1)c1ccc(O)cc1. The Kier molecular flexibility index (Phi) is 5.73. The molecule has 0 aromatic heterocycles. The van der Waals surface area contributed by atoms with Crippen molar-refractivity contribution in [1.29, 1.82) is 5.26 Å². The van der Waals surface area contributed by atoms with Crippen LogP contribution in [0.2, 0.25) is 0 Å². The fraction of sp³-hybridized carbons (Fsp3) is 0.222. The Morgan fingerprint density at radius 3 is 2.43 bits per heavy atom. The first-order valence-corrected chi connectivity index (χ1v) is 7.33. The number of nitriles is 1. The van der Waals surface area contributed by atoms with Gasteiger partial charge in [-0.25, -0.2) is 0 Å². The van der Waals surface area contributed by atoms with Crippen LogP contribution in [0, 0.1) is 11.3 Å². The van der Waals surface area contributed by atoms with Crippen molar-refractivity contribution in [2.45, 2.75) is 13.0 Å². The van der Waals surface area contributed by atoms with E-state index in [1.54, 1.807) is 43.3 Å². The summed E-state index contributed by atoms with van der Waals surface area (Å²) >= 11 is 0. The molecule has 0 aliphatic heterocycles. The zero-order valence-corrected chi connectivity index (χ0v) is 12.8. The van der Waals surface area contributed by atoms with E-state index in [2.05, 4.69) is 6.07 Å². The zero-order valence-electron chi connectivity index (χ0n) is 12.8. The fourth-order valence-electron chi connectivity index (χ4n) is 2.17. The van der Waals surface area contributed by atoms with Gasteiger partial charge in [-0.3, -0.25) is 4.79 Å². The number of aromatic hydroxyl groups is 1. The molecule has 1 unspecified atom stereocenters. The lowest BCUT2D eigenvalue weighted by Crippen LogP contribution is -2.38. The summed E-state index contributed by atoms with van der Waals surface area (Å²) in [5.74, 6) is -0.112. The van der Waals surface area contributed by atoms with Gasteiger partial charge in [0, 0.05) is 17.9 Å². The van der Waals surface area contributed by atoms with E-state index >= 15 is 0 Å². The summed E-state index contributed by atoms with van der Waals surface area (Å²) in [6.07, 6.45) is -0.721. The van der Waals surface area contributed by atoms with E-state index in [1.807, 2.05) is 6.07 Å². The maximum absolute atomic E-state index is 12.8. The quantitative estimate of drug-likeness (QED) is 0.890. The van der Waals surface area contributed by atoms with Gasteiger partial charge < -0.3 is 14.7 Å². The van der Waals surface area contributed by atoms with Crippen molar-refractivity contribution in [2.24, 2.45) is 0 Å². The number of carbonyl (C=O) groups is 1. The molecule has 0 radical (unpaired) electrons. The Morgan fingerprint density at radius 2 is 1.87 bits per heavy atom. The Morgan fingerprint density at radius 1 is 1.22 bits per heavy atom. The number of anilines is 1. The van der Waals surface area contributed by atoms with Crippen LogP contribution in [0.15, 0.2) is 54.6 Å². The minimum absolute atomic E-state index is 0.113. The zero-order chi connectivity index (χ0) is 16.7. The van der Waals surface area contributed by atoms with Gasteiger partial charge in [0.05, 0.1) is 12.6 Å². The molecule has 2 rings (SSSR count). The Balaban J connectivity index is 2.33. The molecule has 0 aliphatic carbocycles. The van der Waals surface area contributed by atoms with Crippen LogP contribution >= 0.6 is 0 Å². The molecule has 0 aliphatic rings. The van der Waals surface area contributed by atoms with Gasteiger partial charge in [0.25, 0.3) is 5.91 Å². The monoisotopic (exact) mass is 310 g/mol. The highest BCUT2D eigenvalue weighted by atomic mass is 16.5. The third-order valence-electron chi connectivity index (χ3n) is 3.29. The number of hydrogen-bond donors (Lipinski definition) is 1. The van der Waals surface area contributed by atoms with E-state index in [4.69, 9.17) is 4.74 Å². The summed E-state index contributed by atoms with van der Waals surface area (Å²) in [7, 11) is 0. The third kappa shape index (κ3) is 4.31. The van der Waals surface area contributed by atoms with Crippen molar-refractivity contribution in [2.75, 3.05) is 18.1 Å². The topological polar surface area (TPSA) is 73.6 Å². The van der Waals surface area contributed by atoms with Crippen LogP contribution in [-0.2, 0) is 4.74 Å². The number of ether oxygens (including phenoxy) is 1. The summed E-state index contributed by atoms with van der Waals surface area (Å²) in [5, 5.41) is 18.6. The summed E-state index contributed by atoms with van der Waals surface area (Å²) in [4.78, 5) is 14.3. The van der Waals surface area contributed by atoms with E-state index in [0.717, 1.165) is 0 Å². The first-order chi connectivity index (χ1) is 11.2. The molecule has 23 heavy (non-hydrogen) atoms. The van der Waals surface area contributed by atoms with E-state index in [1.165, 1.54) is 17.0 Å². The highest BCUT2D eigenvalue weighted by Crippen LogP contribution is 2.21. The summed E-state index contributed by atoms with van der Waals surface area (Å²) < 4.78 is 5.35. The van der Waals surface area contributed by atoms with Crippen molar-refractivity contribution in [1.82, 2.24) is 0 Å². The molecule has 2 aromatic carbocycles. The largest absolute Gasteiger partial charge is 0.508 e. The van der Waals surface area contributed by atoms with Crippen LogP contribution in [0.4, 0.5) is 5.69 Å². The average molecular weight is 310 g/mol. The molecule has 1 atom stereocenters. The van der Waals surface area contributed by atoms with Crippen LogP contribution in [0.1, 0.15) is 17.3 Å². The maximum Gasteiger partial charge on any atom is 0.258 e. The molecule has 5 nitrogen and oxygen atoms in total. The molecule has 0 saturated heterocycles. The summed E-state index contributed by atoms with van der Waals surface area (Å²) in [6, 6.07) is 17.2. The molecule has 0 spiro atoms. The number of benzene rings is 2. The molecule has 0 heterocycles. The lowest BCUT2D eigenvalue weighted by Gasteiger charge is -2.25. The fourth-order valence-corrected chi connectivity index (χ4v) is 2.17. The molecule has 2 aromatic rings. The van der Waals surface area contributed by atoms with Gasteiger partial charge in [0.2, 0.25) is 0 Å². The van der Waals surface area contributed by atoms with E-state index < -0.39 is 6.10 Å². The molecular weight excluding hydrogens is 292 g/mol. The van der Waals surface area contributed by atoms with Crippen molar-refractivity contribution >= 4 is 11.6 Å². The molecule has 0 fully saturated rings. The van der Waals surface area contributed by atoms with Crippen molar-refractivity contribution in [3.63, 3.8) is 0 Å². The molecular formula is C18H18N2O3. The number of hydrogen-bond acceptors (Lipinski definition) is 4. The normalized spacial score (nSPS) is 11.5. The number of nitrogens with zero attached hydrogens (tertiary/aromatic N) is 2. The first-order valence-electron chi connectivity index (χ1n) is 7.33. The summed E-state index contributed by atoms with van der Waals surface area (Å²) in [5.41, 5.74) is 1.12. The Hall–Kier alpha value is -2.84. The van der Waals surface area contributed by atoms with Crippen LogP contribution in [0.25, 0.3) is 0 Å². The highest BCUT2D eigenvalue weighted by Gasteiger charge is 2.22. The molecule has 1 amide bonds. The van der Waals surface area contributed by atoms with Gasteiger partial charge in [-0.1, -0.05) is 18.2 Å². The second-order valence-electron chi connectivity index (χ2n) is 4.87. The van der Waals surface area contributed by atoms with Crippen LogP contribution in [-0.4, -0.2) is 30.3 Å². The van der Waals surface area contributed by atoms with E-state index in [-0.39, 0.29) is 18.2 Å². The minimum Gasteiger partial charge on any atom is -0.508 e. The second-order valence-corrected chi connectivity index (χ2v) is 4.87. The van der Waals surface area contributed by atoms with Gasteiger partial charge in [0.1, 0.15) is 5.75 Å².